The zero-order valence-electron chi connectivity index (χ0n) is 30.7. The van der Waals surface area contributed by atoms with Crippen molar-refractivity contribution in [3.05, 3.63) is 101 Å². The minimum atomic E-state index is -4.30. The highest BCUT2D eigenvalue weighted by atomic mass is 32.2. The van der Waals surface area contributed by atoms with Crippen molar-refractivity contribution in [2.45, 2.75) is 133 Å². The second-order valence-electron chi connectivity index (χ2n) is 15.0. The maximum Gasteiger partial charge on any atom is 0.297 e. The molecule has 6 atom stereocenters. The molecule has 0 spiro atoms. The summed E-state index contributed by atoms with van der Waals surface area (Å²) in [6, 6.07) is 23.6. The van der Waals surface area contributed by atoms with Gasteiger partial charge in [0.15, 0.2) is 12.1 Å². The van der Waals surface area contributed by atoms with Crippen LogP contribution in [0, 0.1) is 0 Å². The van der Waals surface area contributed by atoms with Gasteiger partial charge in [-0.05, 0) is 59.4 Å². The molecule has 0 aromatic heterocycles. The third-order valence-electron chi connectivity index (χ3n) is 9.64. The third-order valence-corrected chi connectivity index (χ3v) is 11.1. The highest BCUT2D eigenvalue weighted by Crippen LogP contribution is 2.44. The smallest absolute Gasteiger partial charge is 0.297 e. The van der Waals surface area contributed by atoms with Gasteiger partial charge in [0.2, 0.25) is 5.91 Å². The van der Waals surface area contributed by atoms with Crippen molar-refractivity contribution >= 4 is 16.0 Å². The van der Waals surface area contributed by atoms with Gasteiger partial charge in [0, 0.05) is 0 Å². The number of hydrogen-bond acceptors (Lipinski definition) is 9. The fourth-order valence-electron chi connectivity index (χ4n) is 6.95. The Kier molecular flexibility index (Phi) is 11.1. The van der Waals surface area contributed by atoms with Crippen molar-refractivity contribution in [2.75, 3.05) is 6.61 Å². The van der Waals surface area contributed by atoms with Crippen LogP contribution in [-0.4, -0.2) is 63.7 Å². The Morgan fingerprint density at radius 3 is 1.84 bits per heavy atom. The molecule has 0 radical (unpaired) electrons. The molecule has 0 bridgehead atoms. The normalized spacial score (nSPS) is 25.0. The van der Waals surface area contributed by atoms with Crippen LogP contribution in [0.2, 0.25) is 0 Å². The largest absolute Gasteiger partial charge is 0.360 e. The van der Waals surface area contributed by atoms with Crippen molar-refractivity contribution in [3.63, 3.8) is 0 Å². The Bertz CT molecular complexity index is 1700. The molecule has 3 aliphatic heterocycles. The lowest BCUT2D eigenvalue weighted by atomic mass is 9.89. The number of nitrogens with one attached hydrogen (secondary N) is 1. The van der Waals surface area contributed by atoms with Gasteiger partial charge >= 0.3 is 0 Å². The van der Waals surface area contributed by atoms with E-state index in [0.29, 0.717) is 11.1 Å². The zero-order valence-corrected chi connectivity index (χ0v) is 31.5. The van der Waals surface area contributed by atoms with E-state index in [-0.39, 0.29) is 35.0 Å². The number of rotatable bonds is 14. The second-order valence-corrected chi connectivity index (χ2v) is 16.6. The fraction of sp³-hybridized carbons (Fsp3) is 0.525. The maximum absolute atomic E-state index is 14.3. The molecule has 10 nitrogen and oxygen atoms in total. The van der Waals surface area contributed by atoms with Crippen LogP contribution in [0.4, 0.5) is 0 Å². The van der Waals surface area contributed by atoms with Crippen LogP contribution in [0.15, 0.2) is 77.7 Å². The summed E-state index contributed by atoms with van der Waals surface area (Å²) < 4.78 is 67.1. The van der Waals surface area contributed by atoms with Gasteiger partial charge in [-0.15, -0.1) is 0 Å². The molecular weight excluding hydrogens is 671 g/mol. The summed E-state index contributed by atoms with van der Waals surface area (Å²) in [6.45, 7) is 15.4. The van der Waals surface area contributed by atoms with Crippen LogP contribution >= 0.6 is 0 Å². The number of carbonyl (C=O) groups excluding carboxylic acids is 1. The number of amides is 1. The minimum absolute atomic E-state index is 0.0762. The molecule has 3 aromatic rings. The highest BCUT2D eigenvalue weighted by molar-refractivity contribution is 7.86. The van der Waals surface area contributed by atoms with Crippen molar-refractivity contribution < 1.29 is 41.1 Å². The van der Waals surface area contributed by atoms with Crippen LogP contribution in [0.3, 0.4) is 0 Å². The minimum Gasteiger partial charge on any atom is -0.360 e. The van der Waals surface area contributed by atoms with E-state index in [1.165, 1.54) is 0 Å². The van der Waals surface area contributed by atoms with Crippen LogP contribution in [0.5, 0.6) is 0 Å². The second kappa shape index (κ2) is 15.1. The predicted octanol–water partition coefficient (Wildman–Crippen LogP) is 7.04. The Morgan fingerprint density at radius 2 is 1.35 bits per heavy atom. The quantitative estimate of drug-likeness (QED) is 0.138. The van der Waals surface area contributed by atoms with Gasteiger partial charge in [0.1, 0.15) is 41.6 Å². The first-order chi connectivity index (χ1) is 24.1. The molecule has 3 heterocycles. The summed E-state index contributed by atoms with van der Waals surface area (Å²) in [5.74, 6) is -1.05. The van der Waals surface area contributed by atoms with E-state index in [4.69, 9.17) is 27.9 Å². The lowest BCUT2D eigenvalue weighted by Crippen LogP contribution is -2.55. The van der Waals surface area contributed by atoms with Gasteiger partial charge < -0.3 is 29.0 Å². The number of carbonyl (C=O) groups is 1. The molecule has 3 aromatic carbocycles. The van der Waals surface area contributed by atoms with E-state index < -0.39 is 65.5 Å². The molecule has 3 saturated heterocycles. The average molecular weight is 722 g/mol. The summed E-state index contributed by atoms with van der Waals surface area (Å²) in [5, 5.41) is 2.74. The number of fused-ring (bicyclic) bond motifs is 1. The highest BCUT2D eigenvalue weighted by Gasteiger charge is 2.58. The number of β-lactam (4-membered cyclic amide) rings is 1. The molecule has 51 heavy (non-hydrogen) atoms. The number of benzene rings is 3. The molecule has 6 rings (SSSR count). The van der Waals surface area contributed by atoms with Crippen molar-refractivity contribution in [3.8, 4) is 0 Å². The Balaban J connectivity index is 1.36. The van der Waals surface area contributed by atoms with Gasteiger partial charge in [-0.3, -0.25) is 8.98 Å². The molecule has 1 amide bonds. The summed E-state index contributed by atoms with van der Waals surface area (Å²) in [6.07, 6.45) is -5.21. The SMILES string of the molecule is CC(C)c1cc(C(C)C)c(S(=O)(=O)OC[C@@H](O[C@H]2CC(=O)N2)[C@H]2O[C@@H]3OC(C)(C)O[C@@H]3[C@@H]2OC(c2ccccc2)c2ccccc2)c(C(C)C)c1. The van der Waals surface area contributed by atoms with Crippen molar-refractivity contribution in [2.24, 2.45) is 0 Å². The van der Waals surface area contributed by atoms with E-state index in [1.54, 1.807) is 0 Å². The van der Waals surface area contributed by atoms with Crippen LogP contribution in [0.1, 0.15) is 113 Å². The van der Waals surface area contributed by atoms with Crippen molar-refractivity contribution in [1.29, 1.82) is 0 Å². The molecule has 276 valence electrons. The van der Waals surface area contributed by atoms with E-state index in [2.05, 4.69) is 19.2 Å². The van der Waals surface area contributed by atoms with Gasteiger partial charge in [-0.1, -0.05) is 114 Å². The predicted molar refractivity (Wildman–Crippen MR) is 192 cm³/mol. The van der Waals surface area contributed by atoms with Crippen molar-refractivity contribution in [1.82, 2.24) is 5.32 Å². The molecule has 1 N–H and O–H groups in total. The van der Waals surface area contributed by atoms with Gasteiger partial charge in [-0.2, -0.15) is 8.42 Å². The lowest BCUT2D eigenvalue weighted by Gasteiger charge is -2.36. The fourth-order valence-corrected chi connectivity index (χ4v) is 8.54. The summed E-state index contributed by atoms with van der Waals surface area (Å²) in [4.78, 5) is 12.1. The van der Waals surface area contributed by atoms with Crippen LogP contribution in [-0.2, 0) is 42.8 Å². The Morgan fingerprint density at radius 1 is 0.804 bits per heavy atom. The maximum atomic E-state index is 14.3. The first kappa shape index (κ1) is 37.6. The van der Waals surface area contributed by atoms with Gasteiger partial charge in [0.25, 0.3) is 10.1 Å². The van der Waals surface area contributed by atoms with E-state index in [0.717, 1.165) is 16.7 Å². The van der Waals surface area contributed by atoms with Crippen LogP contribution in [0.25, 0.3) is 0 Å². The van der Waals surface area contributed by atoms with E-state index >= 15 is 0 Å². The summed E-state index contributed by atoms with van der Waals surface area (Å²) >= 11 is 0. The molecule has 0 saturated carbocycles. The third kappa shape index (κ3) is 8.25. The molecule has 3 fully saturated rings. The van der Waals surface area contributed by atoms with Gasteiger partial charge in [0.05, 0.1) is 13.0 Å². The average Bonchev–Trinajstić information content (AvgIpc) is 3.55. The standard InChI is InChI=1S/C40H51NO9S/c1-23(2)28-19-29(24(3)4)38(30(20-28)25(5)6)51(43,44)45-22-31(46-33-21-32(42)41-33)35-36(37-39(48-35)50-40(7,8)49-37)47-34(26-15-11-9-12-16-26)27-17-13-10-14-18-27/h9-20,23-25,31,33-37,39H,21-22H2,1-8H3,(H,41,42)/t31-,33+,35-,36-,37-,39-/m1/s1. The number of ether oxygens (including phenoxy) is 5. The molecule has 0 unspecified atom stereocenters. The first-order valence-electron chi connectivity index (χ1n) is 17.9. The number of hydrogen-bond donors (Lipinski definition) is 1. The van der Waals surface area contributed by atoms with Crippen LogP contribution < -0.4 is 5.32 Å². The molecule has 11 heteroatoms. The zero-order chi connectivity index (χ0) is 36.7. The first-order valence-corrected chi connectivity index (χ1v) is 19.3. The topological polar surface area (TPSA) is 119 Å². The van der Waals surface area contributed by atoms with Gasteiger partial charge in [-0.25, -0.2) is 0 Å². The molecule has 3 aliphatic rings. The molecule has 0 aliphatic carbocycles. The monoisotopic (exact) mass is 721 g/mol. The summed E-state index contributed by atoms with van der Waals surface area (Å²) in [7, 11) is -4.30. The lowest BCUT2D eigenvalue weighted by molar-refractivity contribution is -0.243. The molecular formula is C40H51NO9S. The summed E-state index contributed by atoms with van der Waals surface area (Å²) in [5.41, 5.74) is 4.32. The van der Waals surface area contributed by atoms with E-state index in [9.17, 15) is 13.2 Å². The Labute approximate surface area is 302 Å². The Hall–Kier alpha value is -3.16. The van der Waals surface area contributed by atoms with E-state index in [1.807, 2.05) is 114 Å².